The van der Waals surface area contributed by atoms with Crippen molar-refractivity contribution in [2.24, 2.45) is 0 Å². The summed E-state index contributed by atoms with van der Waals surface area (Å²) in [6.07, 6.45) is 27.9. The summed E-state index contributed by atoms with van der Waals surface area (Å²) in [5.41, 5.74) is 4.56. The van der Waals surface area contributed by atoms with E-state index < -0.39 is 5.97 Å². The van der Waals surface area contributed by atoms with E-state index in [1.54, 1.807) is 24.3 Å². The normalized spacial score (nSPS) is 11.1. The molecule has 2 heterocycles. The number of nitrogens with zero attached hydrogens (tertiary/aromatic N) is 4. The van der Waals surface area contributed by atoms with Crippen LogP contribution in [-0.2, 0) is 12.8 Å². The van der Waals surface area contributed by atoms with Gasteiger partial charge in [-0.3, -0.25) is 0 Å². The van der Waals surface area contributed by atoms with E-state index in [0.29, 0.717) is 23.0 Å². The van der Waals surface area contributed by atoms with Crippen molar-refractivity contribution in [2.45, 2.75) is 117 Å². The molecule has 0 atom stereocenters. The topological polar surface area (TPSA) is 77.9 Å². The van der Waals surface area contributed by atoms with Crippen molar-refractivity contribution in [1.29, 1.82) is 0 Å². The molecule has 0 saturated heterocycles. The second-order valence-electron chi connectivity index (χ2n) is 12.1. The molecule has 6 heteroatoms. The van der Waals surface area contributed by atoms with E-state index in [0.717, 1.165) is 24.0 Å². The van der Waals surface area contributed by atoms with Gasteiger partial charge in [0.1, 0.15) is 5.75 Å². The highest BCUT2D eigenvalue weighted by atomic mass is 16.5. The Labute approximate surface area is 270 Å². The Hall–Kier alpha value is -3.93. The molecule has 0 spiro atoms. The van der Waals surface area contributed by atoms with E-state index in [9.17, 15) is 4.79 Å². The van der Waals surface area contributed by atoms with Gasteiger partial charge < -0.3 is 4.74 Å². The highest BCUT2D eigenvalue weighted by molar-refractivity contribution is 5.91. The standard InChI is InChI=1S/C39H50N4O2/c1-3-5-7-9-11-12-14-16-18-32-27-40-37(41-28-32)33-19-21-35(22-20-33)39(44)45-36-25-23-34(24-26-36)38-42-29-31(30-43-38)17-15-13-10-8-6-4-2/h19-30H,3-18H2,1-2H3. The highest BCUT2D eigenvalue weighted by Crippen LogP contribution is 2.22. The van der Waals surface area contributed by atoms with Gasteiger partial charge in [-0.25, -0.2) is 24.7 Å². The second-order valence-corrected chi connectivity index (χ2v) is 12.1. The van der Waals surface area contributed by atoms with Crippen LogP contribution in [-0.4, -0.2) is 25.9 Å². The van der Waals surface area contributed by atoms with Gasteiger partial charge in [-0.15, -0.1) is 0 Å². The molecule has 0 amide bonds. The van der Waals surface area contributed by atoms with Crippen LogP contribution >= 0.6 is 0 Å². The number of aryl methyl sites for hydroxylation is 2. The molecule has 2 aromatic carbocycles. The molecule has 4 rings (SSSR count). The smallest absolute Gasteiger partial charge is 0.343 e. The van der Waals surface area contributed by atoms with Gasteiger partial charge in [-0.1, -0.05) is 103 Å². The lowest BCUT2D eigenvalue weighted by atomic mass is 10.1. The molecule has 0 aliphatic rings. The summed E-state index contributed by atoms with van der Waals surface area (Å²) in [6, 6.07) is 14.5. The minimum atomic E-state index is -0.411. The third-order valence-electron chi connectivity index (χ3n) is 8.25. The predicted molar refractivity (Wildman–Crippen MR) is 183 cm³/mol. The zero-order valence-electron chi connectivity index (χ0n) is 27.3. The Bertz CT molecular complexity index is 1390. The van der Waals surface area contributed by atoms with Crippen LogP contribution < -0.4 is 4.74 Å². The third kappa shape index (κ3) is 11.8. The SMILES string of the molecule is CCCCCCCCCCc1cnc(-c2ccc(C(=O)Oc3ccc(-c4ncc(CCCCCCCC)cn4)cc3)cc2)nc1. The first-order valence-corrected chi connectivity index (χ1v) is 17.2. The van der Waals surface area contributed by atoms with Gasteiger partial charge in [-0.05, 0) is 73.2 Å². The Kier molecular flexibility index (Phi) is 14.7. The van der Waals surface area contributed by atoms with Gasteiger partial charge in [0.15, 0.2) is 11.6 Å². The molecule has 0 N–H and O–H groups in total. The number of carbonyl (C=O) groups is 1. The maximum atomic E-state index is 12.8. The molecule has 45 heavy (non-hydrogen) atoms. The van der Waals surface area contributed by atoms with E-state index in [2.05, 4.69) is 33.8 Å². The van der Waals surface area contributed by atoms with Gasteiger partial charge in [0.05, 0.1) is 5.56 Å². The summed E-state index contributed by atoms with van der Waals surface area (Å²) in [5, 5.41) is 0. The maximum absolute atomic E-state index is 12.8. The average Bonchev–Trinajstić information content (AvgIpc) is 3.08. The molecule has 6 nitrogen and oxygen atoms in total. The number of esters is 1. The molecule has 4 aromatic rings. The fourth-order valence-electron chi connectivity index (χ4n) is 5.43. The van der Waals surface area contributed by atoms with Gasteiger partial charge in [-0.2, -0.15) is 0 Å². The van der Waals surface area contributed by atoms with Crippen molar-refractivity contribution in [1.82, 2.24) is 19.9 Å². The Morgan fingerprint density at radius 2 is 0.889 bits per heavy atom. The molecular formula is C39H50N4O2. The van der Waals surface area contributed by atoms with Crippen LogP contribution in [0.4, 0.5) is 0 Å². The number of rotatable bonds is 20. The molecule has 238 valence electrons. The van der Waals surface area contributed by atoms with Crippen molar-refractivity contribution in [3.8, 4) is 28.5 Å². The molecule has 0 fully saturated rings. The Morgan fingerprint density at radius 3 is 1.31 bits per heavy atom. The molecule has 0 aliphatic carbocycles. The molecule has 0 unspecified atom stereocenters. The Balaban J connectivity index is 1.20. The van der Waals surface area contributed by atoms with Crippen LogP contribution in [0.1, 0.15) is 125 Å². The predicted octanol–water partition coefficient (Wildman–Crippen LogP) is 10.4. The van der Waals surface area contributed by atoms with Crippen molar-refractivity contribution in [3.05, 3.63) is 90.0 Å². The largest absolute Gasteiger partial charge is 0.423 e. The Morgan fingerprint density at radius 1 is 0.511 bits per heavy atom. The van der Waals surface area contributed by atoms with Crippen molar-refractivity contribution in [2.75, 3.05) is 0 Å². The van der Waals surface area contributed by atoms with Gasteiger partial charge in [0, 0.05) is 35.9 Å². The fourth-order valence-corrected chi connectivity index (χ4v) is 5.43. The lowest BCUT2D eigenvalue weighted by Crippen LogP contribution is -2.08. The lowest BCUT2D eigenvalue weighted by Gasteiger charge is -2.07. The first-order valence-electron chi connectivity index (χ1n) is 17.2. The number of unbranched alkanes of at least 4 members (excludes halogenated alkanes) is 12. The average molecular weight is 607 g/mol. The minimum absolute atomic E-state index is 0.411. The summed E-state index contributed by atoms with van der Waals surface area (Å²) in [4.78, 5) is 31.0. The van der Waals surface area contributed by atoms with Gasteiger partial charge in [0.2, 0.25) is 0 Å². The van der Waals surface area contributed by atoms with Crippen LogP contribution in [0.5, 0.6) is 5.75 Å². The maximum Gasteiger partial charge on any atom is 0.343 e. The van der Waals surface area contributed by atoms with Crippen LogP contribution in [0.15, 0.2) is 73.3 Å². The lowest BCUT2D eigenvalue weighted by molar-refractivity contribution is 0.0735. The van der Waals surface area contributed by atoms with Gasteiger partial charge >= 0.3 is 5.97 Å². The molecule has 0 bridgehead atoms. The molecule has 0 radical (unpaired) electrons. The molecule has 0 aliphatic heterocycles. The van der Waals surface area contributed by atoms with Crippen molar-refractivity contribution >= 4 is 5.97 Å². The van der Waals surface area contributed by atoms with E-state index in [1.165, 1.54) is 101 Å². The number of carbonyl (C=O) groups excluding carboxylic acids is 1. The second kappa shape index (κ2) is 19.5. The molecular weight excluding hydrogens is 556 g/mol. The summed E-state index contributed by atoms with van der Waals surface area (Å²) >= 11 is 0. The van der Waals surface area contributed by atoms with E-state index in [1.807, 2.05) is 49.1 Å². The summed E-state index contributed by atoms with van der Waals surface area (Å²) in [6.45, 7) is 4.50. The third-order valence-corrected chi connectivity index (χ3v) is 8.25. The van der Waals surface area contributed by atoms with Crippen LogP contribution in [0, 0.1) is 0 Å². The zero-order valence-corrected chi connectivity index (χ0v) is 27.3. The van der Waals surface area contributed by atoms with Crippen molar-refractivity contribution in [3.63, 3.8) is 0 Å². The molecule has 2 aromatic heterocycles. The van der Waals surface area contributed by atoms with E-state index in [4.69, 9.17) is 4.74 Å². The highest BCUT2D eigenvalue weighted by Gasteiger charge is 2.11. The summed E-state index contributed by atoms with van der Waals surface area (Å²) in [5.74, 6) is 1.38. The van der Waals surface area contributed by atoms with Gasteiger partial charge in [0.25, 0.3) is 0 Å². The number of hydrogen-bond acceptors (Lipinski definition) is 6. The number of aromatic nitrogens is 4. The fraction of sp³-hybridized carbons (Fsp3) is 0.462. The number of hydrogen-bond donors (Lipinski definition) is 0. The first-order chi connectivity index (χ1) is 22.2. The quantitative estimate of drug-likeness (QED) is 0.0566. The zero-order chi connectivity index (χ0) is 31.5. The number of ether oxygens (including phenoxy) is 1. The minimum Gasteiger partial charge on any atom is -0.423 e. The van der Waals surface area contributed by atoms with Crippen LogP contribution in [0.3, 0.4) is 0 Å². The van der Waals surface area contributed by atoms with E-state index in [-0.39, 0.29) is 0 Å². The van der Waals surface area contributed by atoms with Crippen LogP contribution in [0.25, 0.3) is 22.8 Å². The number of benzene rings is 2. The van der Waals surface area contributed by atoms with E-state index >= 15 is 0 Å². The molecule has 0 saturated carbocycles. The summed E-state index contributed by atoms with van der Waals surface area (Å²) < 4.78 is 5.62. The van der Waals surface area contributed by atoms with Crippen molar-refractivity contribution < 1.29 is 9.53 Å². The summed E-state index contributed by atoms with van der Waals surface area (Å²) in [7, 11) is 0. The monoisotopic (exact) mass is 606 g/mol. The van der Waals surface area contributed by atoms with Crippen LogP contribution in [0.2, 0.25) is 0 Å². The first kappa shape index (κ1) is 34.0.